The SMILES string of the molecule is BrC1=CCN=C1Br. The van der Waals surface area contributed by atoms with Gasteiger partial charge in [-0.25, -0.2) is 0 Å². The maximum Gasteiger partial charge on any atom is 0.114 e. The number of hydrogen-bond donors (Lipinski definition) is 0. The van der Waals surface area contributed by atoms with Crippen molar-refractivity contribution in [2.45, 2.75) is 0 Å². The Morgan fingerprint density at radius 2 is 2.29 bits per heavy atom. The first-order chi connectivity index (χ1) is 3.30. The molecule has 0 saturated heterocycles. The van der Waals surface area contributed by atoms with Crippen LogP contribution in [0.15, 0.2) is 15.6 Å². The third-order valence-electron chi connectivity index (χ3n) is 0.698. The van der Waals surface area contributed by atoms with Gasteiger partial charge in [0.1, 0.15) is 4.62 Å². The molecule has 0 aromatic carbocycles. The average molecular weight is 225 g/mol. The van der Waals surface area contributed by atoms with E-state index in [0.717, 1.165) is 15.6 Å². The summed E-state index contributed by atoms with van der Waals surface area (Å²) in [5.74, 6) is 0. The van der Waals surface area contributed by atoms with Crippen molar-refractivity contribution < 1.29 is 0 Å². The maximum absolute atomic E-state index is 4.01. The Labute approximate surface area is 58.8 Å². The molecule has 1 aliphatic heterocycles. The lowest BCUT2D eigenvalue weighted by Crippen LogP contribution is -1.74. The average Bonchev–Trinajstić information content (AvgIpc) is 1.91. The molecule has 0 aromatic heterocycles. The van der Waals surface area contributed by atoms with Gasteiger partial charge in [0.2, 0.25) is 0 Å². The number of nitrogens with zero attached hydrogens (tertiary/aromatic N) is 1. The topological polar surface area (TPSA) is 12.4 Å². The van der Waals surface area contributed by atoms with Crippen LogP contribution in [0.4, 0.5) is 0 Å². The Balaban J connectivity index is 2.78. The summed E-state index contributed by atoms with van der Waals surface area (Å²) in [6, 6.07) is 0. The monoisotopic (exact) mass is 223 g/mol. The van der Waals surface area contributed by atoms with E-state index in [9.17, 15) is 0 Å². The zero-order chi connectivity index (χ0) is 5.28. The van der Waals surface area contributed by atoms with E-state index in [1.807, 2.05) is 6.08 Å². The van der Waals surface area contributed by atoms with Crippen LogP contribution in [0.3, 0.4) is 0 Å². The Hall–Kier alpha value is 0.370. The van der Waals surface area contributed by atoms with Gasteiger partial charge in [0.05, 0.1) is 6.54 Å². The van der Waals surface area contributed by atoms with Crippen molar-refractivity contribution >= 4 is 36.5 Å². The Bertz CT molecular complexity index is 121. The number of rotatable bonds is 0. The van der Waals surface area contributed by atoms with Crippen molar-refractivity contribution in [1.29, 1.82) is 0 Å². The van der Waals surface area contributed by atoms with Crippen molar-refractivity contribution in [1.82, 2.24) is 0 Å². The fourth-order valence-electron chi connectivity index (χ4n) is 0.366. The molecule has 0 aliphatic carbocycles. The molecule has 0 spiro atoms. The molecule has 0 unspecified atom stereocenters. The summed E-state index contributed by atoms with van der Waals surface area (Å²) in [5, 5.41) is 0. The van der Waals surface area contributed by atoms with E-state index in [-0.39, 0.29) is 0 Å². The van der Waals surface area contributed by atoms with Crippen molar-refractivity contribution in [3.63, 3.8) is 0 Å². The highest BCUT2D eigenvalue weighted by Gasteiger charge is 2.01. The molecule has 3 heteroatoms. The second-order valence-corrected chi connectivity index (χ2v) is 2.79. The molecule has 1 nitrogen and oxygen atoms in total. The van der Waals surface area contributed by atoms with Crippen molar-refractivity contribution in [3.8, 4) is 0 Å². The van der Waals surface area contributed by atoms with Gasteiger partial charge in [0.15, 0.2) is 0 Å². The van der Waals surface area contributed by atoms with Crippen LogP contribution in [-0.2, 0) is 0 Å². The van der Waals surface area contributed by atoms with Gasteiger partial charge < -0.3 is 0 Å². The summed E-state index contributed by atoms with van der Waals surface area (Å²) < 4.78 is 1.99. The minimum atomic E-state index is 0.807. The molecule has 0 aromatic rings. The molecule has 0 atom stereocenters. The summed E-state index contributed by atoms with van der Waals surface area (Å²) in [5.41, 5.74) is 0. The molecule has 1 rings (SSSR count). The molecule has 0 bridgehead atoms. The second-order valence-electron chi connectivity index (χ2n) is 1.18. The lowest BCUT2D eigenvalue weighted by Gasteiger charge is -1.80. The third kappa shape index (κ3) is 1.13. The largest absolute Gasteiger partial charge is 0.273 e. The van der Waals surface area contributed by atoms with Gasteiger partial charge in [-0.2, -0.15) is 0 Å². The molecular weight excluding hydrogens is 222 g/mol. The van der Waals surface area contributed by atoms with Gasteiger partial charge in [-0.3, -0.25) is 4.99 Å². The minimum Gasteiger partial charge on any atom is -0.273 e. The number of allylic oxidation sites excluding steroid dienone is 1. The molecular formula is C4H3Br2N. The fourth-order valence-corrected chi connectivity index (χ4v) is 0.942. The Morgan fingerprint density at radius 3 is 2.43 bits per heavy atom. The van der Waals surface area contributed by atoms with Crippen molar-refractivity contribution in [3.05, 3.63) is 10.6 Å². The van der Waals surface area contributed by atoms with Gasteiger partial charge >= 0.3 is 0 Å². The summed E-state index contributed by atoms with van der Waals surface area (Å²) in [7, 11) is 0. The van der Waals surface area contributed by atoms with Crippen LogP contribution < -0.4 is 0 Å². The quantitative estimate of drug-likeness (QED) is 0.598. The van der Waals surface area contributed by atoms with Crippen LogP contribution >= 0.6 is 31.9 Å². The lowest BCUT2D eigenvalue weighted by molar-refractivity contribution is 1.29. The molecule has 0 fully saturated rings. The molecule has 0 saturated carbocycles. The number of halogens is 2. The first-order valence-electron chi connectivity index (χ1n) is 1.86. The Morgan fingerprint density at radius 1 is 1.57 bits per heavy atom. The van der Waals surface area contributed by atoms with E-state index in [4.69, 9.17) is 0 Å². The maximum atomic E-state index is 4.01. The van der Waals surface area contributed by atoms with Gasteiger partial charge in [0, 0.05) is 4.48 Å². The predicted molar refractivity (Wildman–Crippen MR) is 38.2 cm³/mol. The van der Waals surface area contributed by atoms with E-state index in [1.54, 1.807) is 0 Å². The van der Waals surface area contributed by atoms with Crippen LogP contribution in [0.1, 0.15) is 0 Å². The summed E-state index contributed by atoms with van der Waals surface area (Å²) >= 11 is 6.53. The summed E-state index contributed by atoms with van der Waals surface area (Å²) in [6.45, 7) is 0.807. The van der Waals surface area contributed by atoms with Crippen LogP contribution in [-0.4, -0.2) is 11.2 Å². The normalized spacial score (nSPS) is 19.1. The van der Waals surface area contributed by atoms with E-state index in [2.05, 4.69) is 36.9 Å². The van der Waals surface area contributed by atoms with Crippen molar-refractivity contribution in [2.24, 2.45) is 4.99 Å². The van der Waals surface area contributed by atoms with E-state index < -0.39 is 0 Å². The van der Waals surface area contributed by atoms with Crippen molar-refractivity contribution in [2.75, 3.05) is 6.54 Å². The van der Waals surface area contributed by atoms with E-state index >= 15 is 0 Å². The fraction of sp³-hybridized carbons (Fsp3) is 0.250. The first-order valence-corrected chi connectivity index (χ1v) is 3.45. The summed E-state index contributed by atoms with van der Waals surface area (Å²) in [4.78, 5) is 4.01. The molecule has 38 valence electrons. The van der Waals surface area contributed by atoms with E-state index in [1.165, 1.54) is 0 Å². The third-order valence-corrected chi connectivity index (χ3v) is 2.61. The molecule has 0 radical (unpaired) electrons. The number of hydrogen-bond acceptors (Lipinski definition) is 1. The van der Waals surface area contributed by atoms with Gasteiger partial charge in [-0.15, -0.1) is 0 Å². The van der Waals surface area contributed by atoms with Gasteiger partial charge in [0.25, 0.3) is 0 Å². The molecule has 1 aliphatic rings. The van der Waals surface area contributed by atoms with Crippen LogP contribution in [0.2, 0.25) is 0 Å². The van der Waals surface area contributed by atoms with Crippen LogP contribution in [0.5, 0.6) is 0 Å². The lowest BCUT2D eigenvalue weighted by atomic mass is 10.6. The highest BCUT2D eigenvalue weighted by molar-refractivity contribution is 9.20. The Kier molecular flexibility index (Phi) is 1.65. The highest BCUT2D eigenvalue weighted by atomic mass is 79.9. The molecule has 0 N–H and O–H groups in total. The van der Waals surface area contributed by atoms with E-state index in [0.29, 0.717) is 0 Å². The van der Waals surface area contributed by atoms with Crippen LogP contribution in [0.25, 0.3) is 0 Å². The smallest absolute Gasteiger partial charge is 0.114 e. The zero-order valence-electron chi connectivity index (χ0n) is 3.49. The molecule has 7 heavy (non-hydrogen) atoms. The zero-order valence-corrected chi connectivity index (χ0v) is 6.66. The number of aliphatic imine (C=N–C) groups is 1. The molecule has 1 heterocycles. The van der Waals surface area contributed by atoms with Crippen LogP contribution in [0, 0.1) is 0 Å². The first kappa shape index (κ1) is 5.51. The predicted octanol–water partition coefficient (Wildman–Crippen LogP) is 2.07. The van der Waals surface area contributed by atoms with Gasteiger partial charge in [-0.05, 0) is 37.9 Å². The second kappa shape index (κ2) is 2.09. The molecule has 0 amide bonds. The standard InChI is InChI=1S/C4H3Br2N/c5-3-1-2-7-4(3)6/h1H,2H2. The summed E-state index contributed by atoms with van der Waals surface area (Å²) in [6.07, 6.45) is 2.00. The minimum absolute atomic E-state index is 0.807. The highest BCUT2D eigenvalue weighted by Crippen LogP contribution is 2.16. The van der Waals surface area contributed by atoms with Gasteiger partial charge in [-0.1, -0.05) is 0 Å².